The number of hydrogen-bond donors (Lipinski definition) is 2. The van der Waals surface area contributed by atoms with E-state index in [1.807, 2.05) is 0 Å². The van der Waals surface area contributed by atoms with Crippen LogP contribution in [-0.4, -0.2) is 17.1 Å². The third-order valence-corrected chi connectivity index (χ3v) is 2.65. The van der Waals surface area contributed by atoms with Crippen LogP contribution in [0.2, 0.25) is 5.02 Å². The molecular formula is C11H13ClFNO2. The maximum atomic E-state index is 13.3. The molecule has 0 radical (unpaired) electrons. The van der Waals surface area contributed by atoms with Crippen LogP contribution in [0.3, 0.4) is 0 Å². The molecule has 1 unspecified atom stereocenters. The molecule has 0 spiro atoms. The van der Waals surface area contributed by atoms with Gasteiger partial charge in [0.25, 0.3) is 0 Å². The fraction of sp³-hybridized carbons (Fsp3) is 0.364. The first kappa shape index (κ1) is 12.9. The number of benzene rings is 1. The summed E-state index contributed by atoms with van der Waals surface area (Å²) >= 11 is 5.81. The summed E-state index contributed by atoms with van der Waals surface area (Å²) in [5.74, 6) is -1.38. The summed E-state index contributed by atoms with van der Waals surface area (Å²) in [7, 11) is 0. The van der Waals surface area contributed by atoms with Gasteiger partial charge in [-0.25, -0.2) is 4.39 Å². The molecule has 16 heavy (non-hydrogen) atoms. The van der Waals surface area contributed by atoms with Gasteiger partial charge < -0.3 is 10.4 Å². The van der Waals surface area contributed by atoms with Crippen LogP contribution in [0.1, 0.15) is 18.9 Å². The summed E-state index contributed by atoms with van der Waals surface area (Å²) in [4.78, 5) is 10.7. The van der Waals surface area contributed by atoms with E-state index in [2.05, 4.69) is 5.32 Å². The van der Waals surface area contributed by atoms with Crippen LogP contribution < -0.4 is 5.32 Å². The molecule has 0 saturated heterocycles. The van der Waals surface area contributed by atoms with Gasteiger partial charge in [-0.2, -0.15) is 0 Å². The molecule has 0 aliphatic rings. The normalized spacial score (nSPS) is 12.4. The number of nitrogens with one attached hydrogen (secondary N) is 1. The lowest BCUT2D eigenvalue weighted by atomic mass is 10.1. The maximum Gasteiger partial charge on any atom is 0.320 e. The molecule has 2 N–H and O–H groups in total. The molecule has 0 aliphatic carbocycles. The molecule has 1 aromatic carbocycles. The van der Waals surface area contributed by atoms with Gasteiger partial charge in [0.1, 0.15) is 11.9 Å². The highest BCUT2D eigenvalue weighted by molar-refractivity contribution is 6.31. The highest BCUT2D eigenvalue weighted by Crippen LogP contribution is 2.18. The van der Waals surface area contributed by atoms with Crippen LogP contribution in [0.4, 0.5) is 4.39 Å². The molecule has 0 fully saturated rings. The summed E-state index contributed by atoms with van der Waals surface area (Å²) in [6.07, 6.45) is 0.432. The largest absolute Gasteiger partial charge is 0.480 e. The summed E-state index contributed by atoms with van der Waals surface area (Å²) in [5.41, 5.74) is 0.295. The molecule has 1 rings (SSSR count). The van der Waals surface area contributed by atoms with Gasteiger partial charge >= 0.3 is 5.97 Å². The van der Waals surface area contributed by atoms with Gasteiger partial charge in [0, 0.05) is 17.1 Å². The molecule has 0 heterocycles. The highest BCUT2D eigenvalue weighted by Gasteiger charge is 2.15. The Hall–Kier alpha value is -1.13. The topological polar surface area (TPSA) is 49.3 Å². The van der Waals surface area contributed by atoms with E-state index in [0.717, 1.165) is 0 Å². The van der Waals surface area contributed by atoms with E-state index < -0.39 is 17.8 Å². The first-order chi connectivity index (χ1) is 7.56. The number of hydrogen-bond acceptors (Lipinski definition) is 2. The van der Waals surface area contributed by atoms with Crippen molar-refractivity contribution >= 4 is 17.6 Å². The van der Waals surface area contributed by atoms with Crippen molar-refractivity contribution in [2.24, 2.45) is 0 Å². The Labute approximate surface area is 98.2 Å². The first-order valence-electron chi connectivity index (χ1n) is 4.95. The zero-order valence-electron chi connectivity index (χ0n) is 8.84. The fourth-order valence-electron chi connectivity index (χ4n) is 1.33. The molecule has 3 nitrogen and oxygen atoms in total. The summed E-state index contributed by atoms with van der Waals surface area (Å²) in [6.45, 7) is 1.85. The lowest BCUT2D eigenvalue weighted by molar-refractivity contribution is -0.139. The standard InChI is InChI=1S/C11H13ClFNO2/c1-2-10(11(15)16)14-6-7-8(12)4-3-5-9(7)13/h3-5,10,14H,2,6H2,1H3,(H,15,16). The summed E-state index contributed by atoms with van der Waals surface area (Å²) < 4.78 is 13.3. The minimum Gasteiger partial charge on any atom is -0.480 e. The fourth-order valence-corrected chi connectivity index (χ4v) is 1.56. The quantitative estimate of drug-likeness (QED) is 0.838. The molecule has 5 heteroatoms. The zero-order chi connectivity index (χ0) is 12.1. The van der Waals surface area contributed by atoms with Gasteiger partial charge in [0.15, 0.2) is 0 Å². The second kappa shape index (κ2) is 5.82. The average Bonchev–Trinajstić information content (AvgIpc) is 2.22. The van der Waals surface area contributed by atoms with Gasteiger partial charge in [-0.1, -0.05) is 24.6 Å². The molecule has 88 valence electrons. The molecule has 0 bridgehead atoms. The van der Waals surface area contributed by atoms with Crippen LogP contribution >= 0.6 is 11.6 Å². The van der Waals surface area contributed by atoms with E-state index in [-0.39, 0.29) is 6.54 Å². The van der Waals surface area contributed by atoms with Crippen molar-refractivity contribution in [2.75, 3.05) is 0 Å². The second-order valence-corrected chi connectivity index (χ2v) is 3.79. The number of halogens is 2. The molecule has 0 saturated carbocycles. The summed E-state index contributed by atoms with van der Waals surface area (Å²) in [5, 5.41) is 11.8. The first-order valence-corrected chi connectivity index (χ1v) is 5.33. The van der Waals surface area contributed by atoms with Gasteiger partial charge in [0.05, 0.1) is 0 Å². The number of carboxylic acids is 1. The number of carbonyl (C=O) groups is 1. The number of carboxylic acid groups (broad SMARTS) is 1. The third-order valence-electron chi connectivity index (χ3n) is 2.29. The Morgan fingerprint density at radius 2 is 2.31 bits per heavy atom. The molecule has 0 aliphatic heterocycles. The Balaban J connectivity index is 2.70. The van der Waals surface area contributed by atoms with Crippen LogP contribution in [-0.2, 0) is 11.3 Å². The van der Waals surface area contributed by atoms with Crippen molar-refractivity contribution in [2.45, 2.75) is 25.9 Å². The monoisotopic (exact) mass is 245 g/mol. The van der Waals surface area contributed by atoms with Crippen molar-refractivity contribution < 1.29 is 14.3 Å². The van der Waals surface area contributed by atoms with E-state index >= 15 is 0 Å². The van der Waals surface area contributed by atoms with Crippen LogP contribution in [0.15, 0.2) is 18.2 Å². The predicted octanol–water partition coefficient (Wildman–Crippen LogP) is 2.43. The van der Waals surface area contributed by atoms with E-state index in [1.165, 1.54) is 12.1 Å². The van der Waals surface area contributed by atoms with E-state index in [4.69, 9.17) is 16.7 Å². The Morgan fingerprint density at radius 3 is 2.81 bits per heavy atom. The maximum absolute atomic E-state index is 13.3. The summed E-state index contributed by atoms with van der Waals surface area (Å²) in [6, 6.07) is 3.69. The third kappa shape index (κ3) is 3.18. The van der Waals surface area contributed by atoms with Gasteiger partial charge in [0.2, 0.25) is 0 Å². The van der Waals surface area contributed by atoms with E-state index in [9.17, 15) is 9.18 Å². The Morgan fingerprint density at radius 1 is 1.62 bits per heavy atom. The van der Waals surface area contributed by atoms with Crippen molar-refractivity contribution in [1.82, 2.24) is 5.32 Å². The number of aliphatic carboxylic acids is 1. The van der Waals surface area contributed by atoms with Gasteiger partial charge in [-0.15, -0.1) is 0 Å². The molecule has 0 aromatic heterocycles. The second-order valence-electron chi connectivity index (χ2n) is 3.38. The van der Waals surface area contributed by atoms with Crippen LogP contribution in [0.25, 0.3) is 0 Å². The van der Waals surface area contributed by atoms with Crippen LogP contribution in [0, 0.1) is 5.82 Å². The van der Waals surface area contributed by atoms with Crippen molar-refractivity contribution in [1.29, 1.82) is 0 Å². The average molecular weight is 246 g/mol. The van der Waals surface area contributed by atoms with Crippen molar-refractivity contribution in [3.63, 3.8) is 0 Å². The van der Waals surface area contributed by atoms with Gasteiger partial charge in [-0.3, -0.25) is 4.79 Å². The number of rotatable bonds is 5. The molecule has 1 atom stereocenters. The smallest absolute Gasteiger partial charge is 0.320 e. The lowest BCUT2D eigenvalue weighted by Crippen LogP contribution is -2.35. The lowest BCUT2D eigenvalue weighted by Gasteiger charge is -2.13. The Kier molecular flexibility index (Phi) is 4.71. The molecule has 0 amide bonds. The van der Waals surface area contributed by atoms with Crippen molar-refractivity contribution in [3.8, 4) is 0 Å². The highest BCUT2D eigenvalue weighted by atomic mass is 35.5. The molecule has 1 aromatic rings. The van der Waals surface area contributed by atoms with E-state index in [1.54, 1.807) is 13.0 Å². The van der Waals surface area contributed by atoms with E-state index in [0.29, 0.717) is 17.0 Å². The van der Waals surface area contributed by atoms with Crippen LogP contribution in [0.5, 0.6) is 0 Å². The zero-order valence-corrected chi connectivity index (χ0v) is 9.59. The van der Waals surface area contributed by atoms with Gasteiger partial charge in [-0.05, 0) is 18.6 Å². The van der Waals surface area contributed by atoms with Crippen molar-refractivity contribution in [3.05, 3.63) is 34.6 Å². The predicted molar refractivity (Wildman–Crippen MR) is 60.0 cm³/mol. The molecular weight excluding hydrogens is 233 g/mol. The SMILES string of the molecule is CCC(NCc1c(F)cccc1Cl)C(=O)O. The minimum absolute atomic E-state index is 0.107. The minimum atomic E-state index is -0.949. The Bertz CT molecular complexity index is 364.